The van der Waals surface area contributed by atoms with Crippen LogP contribution in [0.5, 0.6) is 0 Å². The molecule has 1 heterocycles. The van der Waals surface area contributed by atoms with Gasteiger partial charge in [-0.3, -0.25) is 0 Å². The molecule has 5 nitrogen and oxygen atoms in total. The molecule has 21 heavy (non-hydrogen) atoms. The van der Waals surface area contributed by atoms with Crippen LogP contribution in [0.1, 0.15) is 26.1 Å². The van der Waals surface area contributed by atoms with Crippen molar-refractivity contribution >= 4 is 11.6 Å². The van der Waals surface area contributed by atoms with Gasteiger partial charge in [-0.05, 0) is 12.3 Å². The van der Waals surface area contributed by atoms with Gasteiger partial charge in [0.1, 0.15) is 11.6 Å². The maximum Gasteiger partial charge on any atom is 0.451 e. The number of halogens is 3. The van der Waals surface area contributed by atoms with E-state index in [1.807, 2.05) is 0 Å². The first-order valence-electron chi connectivity index (χ1n) is 6.78. The maximum atomic E-state index is 12.6. The zero-order chi connectivity index (χ0) is 15.9. The number of ether oxygens (including phenoxy) is 1. The molecule has 0 saturated carbocycles. The van der Waals surface area contributed by atoms with E-state index >= 15 is 0 Å². The molecular formula is C13H21F3N4O. The third-order valence-electron chi connectivity index (χ3n) is 2.63. The first kappa shape index (κ1) is 17.5. The Bertz CT molecular complexity index is 438. The zero-order valence-corrected chi connectivity index (χ0v) is 12.4. The normalized spacial score (nSPS) is 11.8. The van der Waals surface area contributed by atoms with E-state index in [1.54, 1.807) is 0 Å². The Labute approximate surface area is 122 Å². The number of hydrogen-bond donors (Lipinski definition) is 2. The highest BCUT2D eigenvalue weighted by Gasteiger charge is 2.35. The molecule has 0 aliphatic rings. The number of rotatable bonds is 8. The lowest BCUT2D eigenvalue weighted by molar-refractivity contribution is -0.144. The summed E-state index contributed by atoms with van der Waals surface area (Å²) in [6, 6.07) is 1.42. The molecule has 0 unspecified atom stereocenters. The summed E-state index contributed by atoms with van der Waals surface area (Å²) in [5.41, 5.74) is 0. The third-order valence-corrected chi connectivity index (χ3v) is 2.63. The Kier molecular flexibility index (Phi) is 6.67. The molecule has 0 aliphatic heterocycles. The van der Waals surface area contributed by atoms with E-state index in [4.69, 9.17) is 4.74 Å². The van der Waals surface area contributed by atoms with Gasteiger partial charge in [-0.25, -0.2) is 9.97 Å². The van der Waals surface area contributed by atoms with Gasteiger partial charge in [0.15, 0.2) is 0 Å². The molecule has 1 aromatic rings. The highest BCUT2D eigenvalue weighted by atomic mass is 19.4. The lowest BCUT2D eigenvalue weighted by Crippen LogP contribution is -2.16. The fourth-order valence-electron chi connectivity index (χ4n) is 1.47. The molecule has 120 valence electrons. The predicted octanol–water partition coefficient (Wildman–Crippen LogP) is 3.01. The second kappa shape index (κ2) is 8.02. The summed E-state index contributed by atoms with van der Waals surface area (Å²) in [5.74, 6) is -0.375. The van der Waals surface area contributed by atoms with Crippen LogP contribution in [0.3, 0.4) is 0 Å². The number of alkyl halides is 3. The molecule has 0 atom stereocenters. The summed E-state index contributed by atoms with van der Waals surface area (Å²) >= 11 is 0. The SMILES string of the molecule is CNc1cc(NCCOCCC(C)C)nc(C(F)(F)F)n1. The van der Waals surface area contributed by atoms with Gasteiger partial charge in [0, 0.05) is 26.3 Å². The van der Waals surface area contributed by atoms with Crippen LogP contribution in [-0.4, -0.2) is 36.8 Å². The Hall–Kier alpha value is -1.57. The van der Waals surface area contributed by atoms with Crippen molar-refractivity contribution in [3.8, 4) is 0 Å². The van der Waals surface area contributed by atoms with E-state index in [1.165, 1.54) is 13.1 Å². The minimum Gasteiger partial charge on any atom is -0.380 e. The highest BCUT2D eigenvalue weighted by Crippen LogP contribution is 2.28. The number of nitrogens with zero attached hydrogens (tertiary/aromatic N) is 2. The van der Waals surface area contributed by atoms with E-state index in [0.29, 0.717) is 25.7 Å². The van der Waals surface area contributed by atoms with E-state index in [-0.39, 0.29) is 11.6 Å². The Balaban J connectivity index is 2.51. The summed E-state index contributed by atoms with van der Waals surface area (Å²) in [7, 11) is 1.50. The molecular weight excluding hydrogens is 285 g/mol. The van der Waals surface area contributed by atoms with Gasteiger partial charge in [-0.15, -0.1) is 0 Å². The van der Waals surface area contributed by atoms with E-state index < -0.39 is 12.0 Å². The molecule has 0 aromatic carbocycles. The second-order valence-corrected chi connectivity index (χ2v) is 4.93. The Morgan fingerprint density at radius 3 is 2.43 bits per heavy atom. The number of nitrogens with one attached hydrogen (secondary N) is 2. The van der Waals surface area contributed by atoms with Crippen molar-refractivity contribution in [2.45, 2.75) is 26.4 Å². The van der Waals surface area contributed by atoms with Crippen molar-refractivity contribution in [2.24, 2.45) is 5.92 Å². The largest absolute Gasteiger partial charge is 0.451 e. The fraction of sp³-hybridized carbons (Fsp3) is 0.692. The van der Waals surface area contributed by atoms with Crippen LogP contribution >= 0.6 is 0 Å². The van der Waals surface area contributed by atoms with Gasteiger partial charge in [0.2, 0.25) is 5.82 Å². The molecule has 1 aromatic heterocycles. The second-order valence-electron chi connectivity index (χ2n) is 4.93. The van der Waals surface area contributed by atoms with Gasteiger partial charge in [-0.2, -0.15) is 13.2 Å². The molecule has 0 saturated heterocycles. The standard InChI is InChI=1S/C13H21F3N4O/c1-9(2)4-6-21-7-5-18-11-8-10(17-3)19-12(20-11)13(14,15)16/h8-9H,4-7H2,1-3H3,(H2,17,18,19,20). The van der Waals surface area contributed by atoms with Crippen LogP contribution in [0, 0.1) is 5.92 Å². The quantitative estimate of drug-likeness (QED) is 0.723. The summed E-state index contributed by atoms with van der Waals surface area (Å²) in [6.45, 7) is 5.63. The van der Waals surface area contributed by atoms with Crippen LogP contribution in [0.4, 0.5) is 24.8 Å². The Morgan fingerprint density at radius 2 is 1.86 bits per heavy atom. The van der Waals surface area contributed by atoms with Gasteiger partial charge in [0.05, 0.1) is 6.61 Å². The monoisotopic (exact) mass is 306 g/mol. The zero-order valence-electron chi connectivity index (χ0n) is 12.4. The summed E-state index contributed by atoms with van der Waals surface area (Å²) in [6.07, 6.45) is -3.62. The van der Waals surface area contributed by atoms with Crippen molar-refractivity contribution in [1.82, 2.24) is 9.97 Å². The topological polar surface area (TPSA) is 59.1 Å². The molecule has 0 spiro atoms. The average Bonchev–Trinajstić information content (AvgIpc) is 2.41. The van der Waals surface area contributed by atoms with Crippen molar-refractivity contribution in [3.05, 3.63) is 11.9 Å². The number of aromatic nitrogens is 2. The van der Waals surface area contributed by atoms with Gasteiger partial charge in [0.25, 0.3) is 0 Å². The third kappa shape index (κ3) is 6.61. The number of anilines is 2. The summed E-state index contributed by atoms with van der Waals surface area (Å²) in [5, 5.41) is 5.38. The van der Waals surface area contributed by atoms with Crippen LogP contribution in [0.25, 0.3) is 0 Å². The summed E-state index contributed by atoms with van der Waals surface area (Å²) < 4.78 is 43.3. The molecule has 0 amide bonds. The smallest absolute Gasteiger partial charge is 0.380 e. The van der Waals surface area contributed by atoms with Gasteiger partial charge in [-0.1, -0.05) is 13.8 Å². The van der Waals surface area contributed by atoms with Crippen LogP contribution in [0.15, 0.2) is 6.07 Å². The maximum absolute atomic E-state index is 12.6. The van der Waals surface area contributed by atoms with Gasteiger partial charge >= 0.3 is 6.18 Å². The molecule has 1 rings (SSSR count). The van der Waals surface area contributed by atoms with E-state index in [2.05, 4.69) is 34.4 Å². The molecule has 2 N–H and O–H groups in total. The minimum atomic E-state index is -4.57. The summed E-state index contributed by atoms with van der Waals surface area (Å²) in [4.78, 5) is 6.84. The van der Waals surface area contributed by atoms with Crippen LogP contribution < -0.4 is 10.6 Å². The minimum absolute atomic E-state index is 0.112. The average molecular weight is 306 g/mol. The van der Waals surface area contributed by atoms with Gasteiger partial charge < -0.3 is 15.4 Å². The first-order valence-corrected chi connectivity index (χ1v) is 6.78. The molecule has 8 heteroatoms. The van der Waals surface area contributed by atoms with Crippen molar-refractivity contribution in [2.75, 3.05) is 37.4 Å². The van der Waals surface area contributed by atoms with Crippen molar-refractivity contribution < 1.29 is 17.9 Å². The lowest BCUT2D eigenvalue weighted by atomic mass is 10.1. The fourth-order valence-corrected chi connectivity index (χ4v) is 1.47. The number of hydrogen-bond acceptors (Lipinski definition) is 5. The van der Waals surface area contributed by atoms with Crippen molar-refractivity contribution in [1.29, 1.82) is 0 Å². The molecule has 0 bridgehead atoms. The predicted molar refractivity (Wildman–Crippen MR) is 75.3 cm³/mol. The van der Waals surface area contributed by atoms with E-state index in [9.17, 15) is 13.2 Å². The van der Waals surface area contributed by atoms with E-state index in [0.717, 1.165) is 6.42 Å². The first-order chi connectivity index (χ1) is 9.82. The Morgan fingerprint density at radius 1 is 1.19 bits per heavy atom. The van der Waals surface area contributed by atoms with Crippen LogP contribution in [-0.2, 0) is 10.9 Å². The van der Waals surface area contributed by atoms with Crippen molar-refractivity contribution in [3.63, 3.8) is 0 Å². The molecule has 0 aliphatic carbocycles. The highest BCUT2D eigenvalue weighted by molar-refractivity contribution is 5.47. The lowest BCUT2D eigenvalue weighted by Gasteiger charge is -2.12. The van der Waals surface area contributed by atoms with Crippen LogP contribution in [0.2, 0.25) is 0 Å². The molecule has 0 fully saturated rings. The molecule has 0 radical (unpaired) electrons.